The summed E-state index contributed by atoms with van der Waals surface area (Å²) in [5, 5.41) is 0. The zero-order valence-electron chi connectivity index (χ0n) is 18.2. The number of hydrogen-bond acceptors (Lipinski definition) is 5. The number of nitrogens with zero attached hydrogens (tertiary/aromatic N) is 2. The Labute approximate surface area is 197 Å². The Morgan fingerprint density at radius 3 is 2.58 bits per heavy atom. The predicted octanol–water partition coefficient (Wildman–Crippen LogP) is 2.66. The van der Waals surface area contributed by atoms with Gasteiger partial charge in [-0.25, -0.2) is 0 Å². The molecule has 1 aromatic carbocycles. The SMILES string of the molecule is COC(=O)C[C@H](N)C(=O)N1C[C@@H]2C[C@H](C1)[C@@H]1CCC[C@H](Cc3ccccc3)N1C2.Cl.Cl. The van der Waals surface area contributed by atoms with Gasteiger partial charge >= 0.3 is 5.97 Å². The van der Waals surface area contributed by atoms with Crippen LogP contribution in [0.5, 0.6) is 0 Å². The van der Waals surface area contributed by atoms with Crippen molar-refractivity contribution in [3.8, 4) is 0 Å². The minimum Gasteiger partial charge on any atom is -0.469 e. The lowest BCUT2D eigenvalue weighted by molar-refractivity contribution is -0.147. The summed E-state index contributed by atoms with van der Waals surface area (Å²) in [5.41, 5.74) is 7.43. The fourth-order valence-electron chi connectivity index (χ4n) is 5.78. The molecule has 174 valence electrons. The van der Waals surface area contributed by atoms with Crippen molar-refractivity contribution in [2.45, 2.75) is 56.7 Å². The number of nitrogens with two attached hydrogens (primary N) is 1. The molecule has 31 heavy (non-hydrogen) atoms. The third-order valence-electron chi connectivity index (χ3n) is 7.07. The van der Waals surface area contributed by atoms with E-state index in [0.29, 0.717) is 23.9 Å². The first-order valence-electron chi connectivity index (χ1n) is 11.0. The number of fused-ring (bicyclic) bond motifs is 4. The lowest BCUT2D eigenvalue weighted by Gasteiger charge is -2.55. The van der Waals surface area contributed by atoms with Crippen LogP contribution in [0, 0.1) is 11.8 Å². The van der Waals surface area contributed by atoms with Crippen LogP contribution in [0.2, 0.25) is 0 Å². The summed E-state index contributed by atoms with van der Waals surface area (Å²) < 4.78 is 4.67. The number of rotatable bonds is 5. The fraction of sp³-hybridized carbons (Fsp3) is 0.652. The van der Waals surface area contributed by atoms with E-state index in [4.69, 9.17) is 5.73 Å². The molecule has 3 heterocycles. The first-order valence-corrected chi connectivity index (χ1v) is 11.0. The van der Waals surface area contributed by atoms with Gasteiger partial charge in [0.2, 0.25) is 5.91 Å². The van der Waals surface area contributed by atoms with Gasteiger partial charge in [0.1, 0.15) is 0 Å². The summed E-state index contributed by atoms with van der Waals surface area (Å²) in [6.07, 6.45) is 6.01. The van der Waals surface area contributed by atoms with Gasteiger partial charge < -0.3 is 15.4 Å². The molecular weight excluding hydrogens is 437 g/mol. The largest absolute Gasteiger partial charge is 0.469 e. The number of carbonyl (C=O) groups excluding carboxylic acids is 2. The molecular formula is C23H35Cl2N3O3. The van der Waals surface area contributed by atoms with Crippen LogP contribution in [0.4, 0.5) is 0 Å². The number of amides is 1. The van der Waals surface area contributed by atoms with Crippen LogP contribution in [0.15, 0.2) is 30.3 Å². The maximum Gasteiger partial charge on any atom is 0.307 e. The lowest BCUT2D eigenvalue weighted by Crippen LogP contribution is -2.63. The van der Waals surface area contributed by atoms with Crippen molar-refractivity contribution in [2.24, 2.45) is 17.6 Å². The molecule has 0 aromatic heterocycles. The molecule has 6 nitrogen and oxygen atoms in total. The number of ether oxygens (including phenoxy) is 1. The monoisotopic (exact) mass is 471 g/mol. The molecule has 8 heteroatoms. The normalized spacial score (nSPS) is 28.4. The number of halogens is 2. The molecule has 3 aliphatic rings. The maximum atomic E-state index is 12.8. The first-order chi connectivity index (χ1) is 14.0. The van der Waals surface area contributed by atoms with Gasteiger partial charge in [-0.15, -0.1) is 24.8 Å². The molecule has 0 unspecified atom stereocenters. The first kappa shape index (κ1) is 25.9. The Bertz CT molecular complexity index is 736. The minimum absolute atomic E-state index is 0. The van der Waals surface area contributed by atoms with Crippen LogP contribution < -0.4 is 5.73 Å². The Morgan fingerprint density at radius 2 is 1.87 bits per heavy atom. The van der Waals surface area contributed by atoms with E-state index < -0.39 is 12.0 Å². The molecule has 3 aliphatic heterocycles. The van der Waals surface area contributed by atoms with Gasteiger partial charge in [0.25, 0.3) is 0 Å². The minimum atomic E-state index is -0.797. The van der Waals surface area contributed by atoms with Crippen molar-refractivity contribution in [3.05, 3.63) is 35.9 Å². The topological polar surface area (TPSA) is 75.9 Å². The zero-order valence-corrected chi connectivity index (χ0v) is 19.8. The van der Waals surface area contributed by atoms with E-state index in [0.717, 1.165) is 26.1 Å². The van der Waals surface area contributed by atoms with Gasteiger partial charge in [0, 0.05) is 31.7 Å². The van der Waals surface area contributed by atoms with E-state index in [-0.39, 0.29) is 37.1 Å². The number of benzene rings is 1. The number of carbonyl (C=O) groups is 2. The summed E-state index contributed by atoms with van der Waals surface area (Å²) >= 11 is 0. The van der Waals surface area contributed by atoms with Crippen molar-refractivity contribution in [2.75, 3.05) is 26.7 Å². The van der Waals surface area contributed by atoms with E-state index in [2.05, 4.69) is 40.0 Å². The molecule has 4 rings (SSSR count). The van der Waals surface area contributed by atoms with E-state index in [1.165, 1.54) is 38.4 Å². The Hall–Kier alpha value is -1.34. The average molecular weight is 472 g/mol. The molecule has 5 atom stereocenters. The number of likely N-dealkylation sites (tertiary alicyclic amines) is 1. The van der Waals surface area contributed by atoms with Gasteiger partial charge in [-0.2, -0.15) is 0 Å². The van der Waals surface area contributed by atoms with Crippen LogP contribution >= 0.6 is 24.8 Å². The third kappa shape index (κ3) is 5.92. The summed E-state index contributed by atoms with van der Waals surface area (Å²) in [4.78, 5) is 29.0. The van der Waals surface area contributed by atoms with Gasteiger partial charge in [0.15, 0.2) is 0 Å². The molecule has 0 aliphatic carbocycles. The van der Waals surface area contributed by atoms with E-state index in [9.17, 15) is 9.59 Å². The standard InChI is InChI=1S/C23H33N3O3.2ClH/c1-29-22(27)12-20(24)23(28)25-13-17-10-18(15-25)21-9-5-8-19(26(21)14-17)11-16-6-3-2-4-7-16;;/h2-4,6-7,17-21H,5,8-15,24H2,1H3;2*1H/t17-,18+,19+,20-,21-;;/m0../s1. The van der Waals surface area contributed by atoms with Crippen LogP contribution in [0.25, 0.3) is 0 Å². The summed E-state index contributed by atoms with van der Waals surface area (Å²) in [6.45, 7) is 2.59. The molecule has 1 amide bonds. The highest BCUT2D eigenvalue weighted by Gasteiger charge is 2.45. The predicted molar refractivity (Wildman–Crippen MR) is 126 cm³/mol. The fourth-order valence-corrected chi connectivity index (χ4v) is 5.78. The number of piperidine rings is 3. The summed E-state index contributed by atoms with van der Waals surface area (Å²) in [5.74, 6) is 0.478. The summed E-state index contributed by atoms with van der Waals surface area (Å²) in [7, 11) is 1.33. The zero-order chi connectivity index (χ0) is 20.4. The molecule has 1 aromatic rings. The van der Waals surface area contributed by atoms with Crippen molar-refractivity contribution in [1.82, 2.24) is 9.80 Å². The van der Waals surface area contributed by atoms with Crippen molar-refractivity contribution in [1.29, 1.82) is 0 Å². The molecule has 3 saturated heterocycles. The van der Waals surface area contributed by atoms with Crippen LogP contribution in [-0.4, -0.2) is 66.5 Å². The molecule has 2 N–H and O–H groups in total. The number of hydrogen-bond donors (Lipinski definition) is 1. The van der Waals surface area contributed by atoms with Crippen LogP contribution in [-0.2, 0) is 20.7 Å². The number of methoxy groups -OCH3 is 1. The smallest absolute Gasteiger partial charge is 0.307 e. The van der Waals surface area contributed by atoms with Crippen molar-refractivity contribution < 1.29 is 14.3 Å². The van der Waals surface area contributed by atoms with Gasteiger partial charge in [-0.05, 0) is 43.1 Å². The second-order valence-corrected chi connectivity index (χ2v) is 9.03. The number of esters is 1. The maximum absolute atomic E-state index is 12.8. The van der Waals surface area contributed by atoms with Crippen LogP contribution in [0.1, 0.15) is 37.7 Å². The third-order valence-corrected chi connectivity index (χ3v) is 7.07. The van der Waals surface area contributed by atoms with E-state index >= 15 is 0 Å². The highest BCUT2D eigenvalue weighted by Crippen LogP contribution is 2.40. The lowest BCUT2D eigenvalue weighted by atomic mass is 9.74. The highest BCUT2D eigenvalue weighted by atomic mass is 35.5. The highest BCUT2D eigenvalue weighted by molar-refractivity contribution is 5.86. The van der Waals surface area contributed by atoms with Gasteiger partial charge in [0.05, 0.1) is 19.6 Å². The summed E-state index contributed by atoms with van der Waals surface area (Å²) in [6, 6.07) is 11.2. The van der Waals surface area contributed by atoms with Crippen molar-refractivity contribution >= 4 is 36.7 Å². The molecule has 2 bridgehead atoms. The molecule has 0 spiro atoms. The average Bonchev–Trinajstić information content (AvgIpc) is 2.74. The second kappa shape index (κ2) is 11.5. The van der Waals surface area contributed by atoms with Gasteiger partial charge in [-0.3, -0.25) is 14.5 Å². The van der Waals surface area contributed by atoms with E-state index in [1.807, 2.05) is 4.90 Å². The van der Waals surface area contributed by atoms with Gasteiger partial charge in [-0.1, -0.05) is 36.8 Å². The molecule has 3 fully saturated rings. The Balaban J connectivity index is 0.00000171. The second-order valence-electron chi connectivity index (χ2n) is 9.03. The molecule has 0 radical (unpaired) electrons. The quantitative estimate of drug-likeness (QED) is 0.667. The Kier molecular flexibility index (Phi) is 9.62. The van der Waals surface area contributed by atoms with Crippen LogP contribution in [0.3, 0.4) is 0 Å². The Morgan fingerprint density at radius 1 is 1.13 bits per heavy atom. The van der Waals surface area contributed by atoms with Crippen molar-refractivity contribution in [3.63, 3.8) is 0 Å². The van der Waals surface area contributed by atoms with E-state index in [1.54, 1.807) is 0 Å². The molecule has 0 saturated carbocycles.